The van der Waals surface area contributed by atoms with Gasteiger partial charge in [-0.2, -0.15) is 0 Å². The summed E-state index contributed by atoms with van der Waals surface area (Å²) in [6, 6.07) is 2.72. The summed E-state index contributed by atoms with van der Waals surface area (Å²) in [5.74, 6) is -3.59. The van der Waals surface area contributed by atoms with Crippen LogP contribution in [0.3, 0.4) is 0 Å². The molecule has 1 atom stereocenters. The molecular weight excluding hydrogens is 326 g/mol. The summed E-state index contributed by atoms with van der Waals surface area (Å²) < 4.78 is 27.6. The van der Waals surface area contributed by atoms with Gasteiger partial charge in [-0.25, -0.2) is 18.3 Å². The van der Waals surface area contributed by atoms with Gasteiger partial charge in [0.05, 0.1) is 12.7 Å². The number of carbonyl (C=O) groups excluding carboxylic acids is 1. The lowest BCUT2D eigenvalue weighted by Crippen LogP contribution is -2.40. The fourth-order valence-electron chi connectivity index (χ4n) is 1.97. The van der Waals surface area contributed by atoms with Gasteiger partial charge in [-0.1, -0.05) is 11.3 Å². The molecule has 128 valence electrons. The molecule has 0 spiro atoms. The van der Waals surface area contributed by atoms with Crippen LogP contribution in [0.1, 0.15) is 23.0 Å². The molecule has 0 saturated carbocycles. The first-order valence-electron chi connectivity index (χ1n) is 6.77. The zero-order valence-electron chi connectivity index (χ0n) is 12.5. The van der Waals surface area contributed by atoms with Gasteiger partial charge in [-0.3, -0.25) is 4.79 Å². The van der Waals surface area contributed by atoms with Gasteiger partial charge in [0.15, 0.2) is 5.69 Å². The Morgan fingerprint density at radius 2 is 2.08 bits per heavy atom. The molecule has 24 heavy (non-hydrogen) atoms. The first kappa shape index (κ1) is 17.5. The third kappa shape index (κ3) is 4.10. The van der Waals surface area contributed by atoms with Crippen molar-refractivity contribution in [1.29, 1.82) is 0 Å². The van der Waals surface area contributed by atoms with E-state index in [9.17, 15) is 23.5 Å². The van der Waals surface area contributed by atoms with Gasteiger partial charge in [0.1, 0.15) is 23.8 Å². The maximum absolute atomic E-state index is 13.7. The van der Waals surface area contributed by atoms with E-state index in [0.29, 0.717) is 6.07 Å². The lowest BCUT2D eigenvalue weighted by atomic mass is 9.95. The van der Waals surface area contributed by atoms with Crippen LogP contribution in [0.4, 0.5) is 8.78 Å². The normalized spacial score (nSPS) is 13.3. The molecule has 0 bridgehead atoms. The molecule has 2 rings (SSSR count). The molecule has 1 aromatic carbocycles. The van der Waals surface area contributed by atoms with Crippen molar-refractivity contribution in [2.24, 2.45) is 0 Å². The van der Waals surface area contributed by atoms with Gasteiger partial charge in [0, 0.05) is 11.6 Å². The Morgan fingerprint density at radius 3 is 2.67 bits per heavy atom. The van der Waals surface area contributed by atoms with Crippen molar-refractivity contribution < 1.29 is 28.6 Å². The number of carboxylic acid groups (broad SMARTS) is 1. The molecule has 0 fully saturated rings. The fourth-order valence-corrected chi connectivity index (χ4v) is 1.97. The van der Waals surface area contributed by atoms with Crippen LogP contribution in [-0.2, 0) is 16.9 Å². The molecule has 1 heterocycles. The second kappa shape index (κ2) is 6.71. The number of halogens is 2. The molecule has 3 N–H and O–H groups in total. The number of aromatic nitrogens is 3. The maximum Gasteiger partial charge on any atom is 0.358 e. The smallest absolute Gasteiger partial charge is 0.358 e. The third-order valence-electron chi connectivity index (χ3n) is 3.20. The number of hydrogen-bond acceptors (Lipinski definition) is 5. The van der Waals surface area contributed by atoms with Crippen LogP contribution in [-0.4, -0.2) is 43.6 Å². The number of benzene rings is 1. The Morgan fingerprint density at radius 1 is 1.38 bits per heavy atom. The monoisotopic (exact) mass is 340 g/mol. The zero-order chi connectivity index (χ0) is 17.9. The van der Waals surface area contributed by atoms with Gasteiger partial charge in [-0.15, -0.1) is 5.10 Å². The number of carbonyl (C=O) groups is 2. The Balaban J connectivity index is 1.97. The van der Waals surface area contributed by atoms with Crippen LogP contribution in [0.25, 0.3) is 0 Å². The minimum absolute atomic E-state index is 0.168. The molecule has 0 saturated heterocycles. The molecule has 1 unspecified atom stereocenters. The molecule has 0 aliphatic heterocycles. The summed E-state index contributed by atoms with van der Waals surface area (Å²) in [5.41, 5.74) is -2.25. The molecule has 10 heteroatoms. The van der Waals surface area contributed by atoms with E-state index in [2.05, 4.69) is 15.6 Å². The molecule has 8 nitrogen and oxygen atoms in total. The Kier molecular flexibility index (Phi) is 4.88. The minimum atomic E-state index is -1.76. The quantitative estimate of drug-likeness (QED) is 0.695. The number of aromatic carboxylic acids is 1. The average molecular weight is 340 g/mol. The summed E-state index contributed by atoms with van der Waals surface area (Å²) in [7, 11) is 0. The van der Waals surface area contributed by atoms with Crippen molar-refractivity contribution >= 4 is 11.9 Å². The summed E-state index contributed by atoms with van der Waals surface area (Å²) >= 11 is 0. The van der Waals surface area contributed by atoms with E-state index in [1.54, 1.807) is 0 Å². The molecule has 0 aliphatic carbocycles. The highest BCUT2D eigenvalue weighted by Gasteiger charge is 2.27. The highest BCUT2D eigenvalue weighted by Crippen LogP contribution is 2.23. The van der Waals surface area contributed by atoms with Gasteiger partial charge in [-0.05, 0) is 13.0 Å². The van der Waals surface area contributed by atoms with E-state index in [1.807, 2.05) is 0 Å². The molecular formula is C14H14F2N4O4. The van der Waals surface area contributed by atoms with Crippen LogP contribution in [0.2, 0.25) is 0 Å². The van der Waals surface area contributed by atoms with E-state index in [-0.39, 0.29) is 24.3 Å². The number of hydrogen-bond donors (Lipinski definition) is 3. The zero-order valence-corrected chi connectivity index (χ0v) is 12.5. The highest BCUT2D eigenvalue weighted by atomic mass is 19.1. The summed E-state index contributed by atoms with van der Waals surface area (Å²) in [6.45, 7) is 0.596. The number of aliphatic hydroxyl groups is 1. The van der Waals surface area contributed by atoms with Crippen LogP contribution in [0, 0.1) is 11.6 Å². The summed E-state index contributed by atoms with van der Waals surface area (Å²) in [4.78, 5) is 22.5. The second-order valence-electron chi connectivity index (χ2n) is 5.28. The highest BCUT2D eigenvalue weighted by molar-refractivity contribution is 5.84. The number of nitrogens with zero attached hydrogens (tertiary/aromatic N) is 3. The first-order chi connectivity index (χ1) is 11.2. The van der Waals surface area contributed by atoms with Crippen molar-refractivity contribution in [3.63, 3.8) is 0 Å². The fraction of sp³-hybridized carbons (Fsp3) is 0.286. The van der Waals surface area contributed by atoms with Crippen LogP contribution in [0.5, 0.6) is 0 Å². The Labute approximate surface area is 134 Å². The SMILES string of the molecule is CC(O)(CNC(=O)Cn1cc(C(=O)O)nn1)c1ccc(F)cc1F. The summed E-state index contributed by atoms with van der Waals surface area (Å²) in [6.07, 6.45) is 1.07. The van der Waals surface area contributed by atoms with Crippen molar-refractivity contribution in [3.8, 4) is 0 Å². The van der Waals surface area contributed by atoms with Crippen molar-refractivity contribution in [1.82, 2.24) is 20.3 Å². The number of rotatable bonds is 6. The average Bonchev–Trinajstić information content (AvgIpc) is 2.93. The summed E-state index contributed by atoms with van der Waals surface area (Å²) in [5, 5.41) is 28.1. The standard InChI is InChI=1S/C14H14F2N4O4/c1-14(24,9-3-2-8(15)4-10(9)16)7-17-12(21)6-20-5-11(13(22)23)18-19-20/h2-5,24H,6-7H2,1H3,(H,17,21)(H,22,23). The minimum Gasteiger partial charge on any atom is -0.476 e. The lowest BCUT2D eigenvalue weighted by Gasteiger charge is -2.24. The molecule has 0 radical (unpaired) electrons. The van der Waals surface area contributed by atoms with Crippen LogP contribution in [0.15, 0.2) is 24.4 Å². The number of carboxylic acids is 1. The third-order valence-corrected chi connectivity index (χ3v) is 3.20. The van der Waals surface area contributed by atoms with E-state index in [0.717, 1.165) is 23.0 Å². The van der Waals surface area contributed by atoms with Gasteiger partial charge in [0.25, 0.3) is 0 Å². The van der Waals surface area contributed by atoms with Crippen LogP contribution < -0.4 is 5.32 Å². The van der Waals surface area contributed by atoms with Gasteiger partial charge < -0.3 is 15.5 Å². The van der Waals surface area contributed by atoms with E-state index in [1.165, 1.54) is 6.92 Å². The van der Waals surface area contributed by atoms with Gasteiger partial charge in [0.2, 0.25) is 5.91 Å². The molecule has 1 aromatic heterocycles. The van der Waals surface area contributed by atoms with Crippen molar-refractivity contribution in [3.05, 3.63) is 47.3 Å². The Bertz CT molecular complexity index is 776. The van der Waals surface area contributed by atoms with E-state index >= 15 is 0 Å². The first-order valence-corrected chi connectivity index (χ1v) is 6.77. The lowest BCUT2D eigenvalue weighted by molar-refractivity contribution is -0.123. The van der Waals surface area contributed by atoms with Crippen LogP contribution >= 0.6 is 0 Å². The predicted molar refractivity (Wildman–Crippen MR) is 75.9 cm³/mol. The predicted octanol–water partition coefficient (Wildman–Crippen LogP) is 0.278. The largest absolute Gasteiger partial charge is 0.476 e. The van der Waals surface area contributed by atoms with E-state index in [4.69, 9.17) is 5.11 Å². The second-order valence-corrected chi connectivity index (χ2v) is 5.28. The van der Waals surface area contributed by atoms with Crippen molar-refractivity contribution in [2.45, 2.75) is 19.1 Å². The molecule has 1 amide bonds. The number of nitrogens with one attached hydrogen (secondary N) is 1. The number of amides is 1. The van der Waals surface area contributed by atoms with Crippen molar-refractivity contribution in [2.75, 3.05) is 6.54 Å². The Hall–Kier alpha value is -2.88. The molecule has 2 aromatic rings. The van der Waals surface area contributed by atoms with E-state index < -0.39 is 29.1 Å². The maximum atomic E-state index is 13.7. The van der Waals surface area contributed by atoms with Gasteiger partial charge >= 0.3 is 5.97 Å². The molecule has 0 aliphatic rings. The topological polar surface area (TPSA) is 117 Å².